The van der Waals surface area contributed by atoms with Gasteiger partial charge in [-0.2, -0.15) is 13.1 Å². The van der Waals surface area contributed by atoms with Gasteiger partial charge in [-0.15, -0.1) is 0 Å². The summed E-state index contributed by atoms with van der Waals surface area (Å²) in [6.45, 7) is 2.59. The minimum atomic E-state index is -4.00. The molecule has 0 unspecified atom stereocenters. The molecule has 4 nitrogen and oxygen atoms in total. The highest BCUT2D eigenvalue weighted by Gasteiger charge is 2.00. The lowest BCUT2D eigenvalue weighted by Gasteiger charge is -2.01. The minimum Gasteiger partial charge on any atom is -0.273 e. The Kier molecular flexibility index (Phi) is 16.2. The van der Waals surface area contributed by atoms with Crippen molar-refractivity contribution in [2.24, 2.45) is 0 Å². The van der Waals surface area contributed by atoms with Gasteiger partial charge in [0.25, 0.3) is 0 Å². The van der Waals surface area contributed by atoms with E-state index in [9.17, 15) is 8.42 Å². The van der Waals surface area contributed by atoms with Gasteiger partial charge in [0.05, 0.1) is 0 Å². The van der Waals surface area contributed by atoms with Crippen LogP contribution in [0.4, 0.5) is 0 Å². The first-order chi connectivity index (χ1) is 11.1. The van der Waals surface area contributed by atoms with Gasteiger partial charge in [-0.3, -0.25) is 4.55 Å². The summed E-state index contributed by atoms with van der Waals surface area (Å²) in [7, 11) is -4.00. The molecule has 0 aliphatic carbocycles. The third kappa shape index (κ3) is 21.6. The second-order valence-electron chi connectivity index (χ2n) is 6.31. The summed E-state index contributed by atoms with van der Waals surface area (Å²) in [6.07, 6.45) is 21.9. The molecule has 5 heteroatoms. The highest BCUT2D eigenvalue weighted by Crippen LogP contribution is 2.09. The average Bonchev–Trinajstić information content (AvgIpc) is 2.49. The second-order valence-corrected chi connectivity index (χ2v) is 7.55. The van der Waals surface area contributed by atoms with Crippen LogP contribution in [-0.4, -0.2) is 19.5 Å². The van der Waals surface area contributed by atoms with Crippen LogP contribution < -0.4 is 4.72 Å². The Bertz CT molecular complexity index is 366. The van der Waals surface area contributed by atoms with E-state index in [1.807, 2.05) is 0 Å². The van der Waals surface area contributed by atoms with Crippen molar-refractivity contribution in [3.8, 4) is 0 Å². The van der Waals surface area contributed by atoms with Gasteiger partial charge < -0.3 is 0 Å². The number of unbranched alkanes of at least 4 members (excludes halogenated alkanes) is 12. The van der Waals surface area contributed by atoms with Crippen molar-refractivity contribution in [3.63, 3.8) is 0 Å². The van der Waals surface area contributed by atoms with Crippen LogP contribution in [0.3, 0.4) is 0 Å². The summed E-state index contributed by atoms with van der Waals surface area (Å²) in [4.78, 5) is 0. The van der Waals surface area contributed by atoms with Crippen LogP contribution >= 0.6 is 0 Å². The first kappa shape index (κ1) is 22.6. The molecule has 0 aliphatic rings. The van der Waals surface area contributed by atoms with Gasteiger partial charge in [0.2, 0.25) is 0 Å². The Morgan fingerprint density at radius 1 is 0.739 bits per heavy atom. The fourth-order valence-electron chi connectivity index (χ4n) is 2.57. The van der Waals surface area contributed by atoms with Gasteiger partial charge >= 0.3 is 10.3 Å². The van der Waals surface area contributed by atoms with Gasteiger partial charge in [0.15, 0.2) is 0 Å². The van der Waals surface area contributed by atoms with Crippen molar-refractivity contribution in [1.29, 1.82) is 0 Å². The van der Waals surface area contributed by atoms with E-state index in [-0.39, 0.29) is 0 Å². The predicted octanol–water partition coefficient (Wildman–Crippen LogP) is 5.42. The molecular weight excluding hydrogens is 310 g/mol. The Labute approximate surface area is 144 Å². The van der Waals surface area contributed by atoms with Crippen LogP contribution in [0, 0.1) is 0 Å². The van der Waals surface area contributed by atoms with Gasteiger partial charge in [0, 0.05) is 6.54 Å². The molecule has 0 aromatic heterocycles. The normalized spacial score (nSPS) is 12.3. The molecule has 23 heavy (non-hydrogen) atoms. The molecule has 0 amide bonds. The second kappa shape index (κ2) is 16.5. The zero-order valence-electron chi connectivity index (χ0n) is 14.9. The number of rotatable bonds is 17. The molecule has 0 aliphatic heterocycles. The van der Waals surface area contributed by atoms with Crippen molar-refractivity contribution in [2.45, 2.75) is 96.8 Å². The molecule has 0 saturated heterocycles. The van der Waals surface area contributed by atoms with Crippen molar-refractivity contribution >= 4 is 10.3 Å². The number of hydrogen-bond donors (Lipinski definition) is 2. The third-order valence-electron chi connectivity index (χ3n) is 3.97. The quantitative estimate of drug-likeness (QED) is 0.210. The van der Waals surface area contributed by atoms with Gasteiger partial charge in [-0.1, -0.05) is 76.9 Å². The lowest BCUT2D eigenvalue weighted by Crippen LogP contribution is -2.23. The number of hydrogen-bond acceptors (Lipinski definition) is 2. The smallest absolute Gasteiger partial charge is 0.273 e. The van der Waals surface area contributed by atoms with Crippen molar-refractivity contribution in [2.75, 3.05) is 6.54 Å². The summed E-state index contributed by atoms with van der Waals surface area (Å²) in [5, 5.41) is 0. The Hall–Kier alpha value is -0.390. The van der Waals surface area contributed by atoms with Crippen LogP contribution in [0.1, 0.15) is 96.8 Å². The van der Waals surface area contributed by atoms with E-state index in [0.29, 0.717) is 6.54 Å². The van der Waals surface area contributed by atoms with E-state index in [2.05, 4.69) is 23.8 Å². The van der Waals surface area contributed by atoms with Crippen molar-refractivity contribution in [3.05, 3.63) is 12.2 Å². The highest BCUT2D eigenvalue weighted by molar-refractivity contribution is 7.83. The maximum absolute atomic E-state index is 10.4. The van der Waals surface area contributed by atoms with E-state index < -0.39 is 10.3 Å². The molecule has 2 N–H and O–H groups in total. The summed E-state index contributed by atoms with van der Waals surface area (Å²) < 4.78 is 31.4. The standard InChI is InChI=1S/C18H37NO3S/c1-2-3-4-5-6-7-8-9-10-11-12-13-14-15-16-17-18-19-23(20,21)22/h9-10,19H,2-8,11-18H2,1H3,(H,20,21,22)/b10-9-. The summed E-state index contributed by atoms with van der Waals surface area (Å²) in [6, 6.07) is 0. The molecule has 0 radical (unpaired) electrons. The summed E-state index contributed by atoms with van der Waals surface area (Å²) in [5.74, 6) is 0. The third-order valence-corrected chi connectivity index (χ3v) is 4.54. The van der Waals surface area contributed by atoms with Crippen LogP contribution in [0.15, 0.2) is 12.2 Å². The predicted molar refractivity (Wildman–Crippen MR) is 99.0 cm³/mol. The minimum absolute atomic E-state index is 0.333. The van der Waals surface area contributed by atoms with Gasteiger partial charge in [-0.25, -0.2) is 0 Å². The molecule has 0 heterocycles. The van der Waals surface area contributed by atoms with E-state index in [1.54, 1.807) is 0 Å². The van der Waals surface area contributed by atoms with Crippen LogP contribution in [0.5, 0.6) is 0 Å². The van der Waals surface area contributed by atoms with Crippen LogP contribution in [-0.2, 0) is 10.3 Å². The molecule has 0 saturated carbocycles. The summed E-state index contributed by atoms with van der Waals surface area (Å²) in [5.41, 5.74) is 0. The lowest BCUT2D eigenvalue weighted by atomic mass is 10.1. The van der Waals surface area contributed by atoms with Crippen LogP contribution in [0.2, 0.25) is 0 Å². The fourth-order valence-corrected chi connectivity index (χ4v) is 2.98. The van der Waals surface area contributed by atoms with Gasteiger partial charge in [0.1, 0.15) is 0 Å². The molecular formula is C18H37NO3S. The number of nitrogens with one attached hydrogen (secondary N) is 1. The largest absolute Gasteiger partial charge is 0.333 e. The fraction of sp³-hybridized carbons (Fsp3) is 0.889. The SMILES string of the molecule is CCCCCCCC/C=C\CCCCCCCCNS(=O)(=O)O. The molecule has 0 fully saturated rings. The molecule has 0 bridgehead atoms. The first-order valence-electron chi connectivity index (χ1n) is 9.43. The Morgan fingerprint density at radius 2 is 1.17 bits per heavy atom. The van der Waals surface area contributed by atoms with Crippen LogP contribution in [0.25, 0.3) is 0 Å². The average molecular weight is 348 g/mol. The highest BCUT2D eigenvalue weighted by atomic mass is 32.2. The van der Waals surface area contributed by atoms with E-state index in [1.165, 1.54) is 70.6 Å². The maximum atomic E-state index is 10.4. The molecule has 138 valence electrons. The number of allylic oxidation sites excluding steroid dienone is 2. The Balaban J connectivity index is 3.13. The molecule has 0 rings (SSSR count). The van der Waals surface area contributed by atoms with Crippen molar-refractivity contribution < 1.29 is 13.0 Å². The van der Waals surface area contributed by atoms with E-state index in [4.69, 9.17) is 4.55 Å². The zero-order chi connectivity index (χ0) is 17.2. The Morgan fingerprint density at radius 3 is 1.65 bits per heavy atom. The van der Waals surface area contributed by atoms with E-state index >= 15 is 0 Å². The topological polar surface area (TPSA) is 66.4 Å². The summed E-state index contributed by atoms with van der Waals surface area (Å²) >= 11 is 0. The van der Waals surface area contributed by atoms with Gasteiger partial charge in [-0.05, 0) is 32.1 Å². The zero-order valence-corrected chi connectivity index (χ0v) is 15.7. The molecule has 0 spiro atoms. The molecule has 0 atom stereocenters. The first-order valence-corrected chi connectivity index (χ1v) is 10.9. The molecule has 0 aromatic carbocycles. The lowest BCUT2D eigenvalue weighted by molar-refractivity contribution is 0.464. The van der Waals surface area contributed by atoms with E-state index in [0.717, 1.165) is 19.3 Å². The monoisotopic (exact) mass is 347 g/mol. The maximum Gasteiger partial charge on any atom is 0.333 e. The molecule has 0 aromatic rings. The van der Waals surface area contributed by atoms with Crippen molar-refractivity contribution in [1.82, 2.24) is 4.72 Å².